The van der Waals surface area contributed by atoms with Gasteiger partial charge in [-0.3, -0.25) is 4.79 Å². The van der Waals surface area contributed by atoms with Crippen LogP contribution >= 0.6 is 0 Å². The number of amides is 1. The quantitative estimate of drug-likeness (QED) is 0.536. The summed E-state index contributed by atoms with van der Waals surface area (Å²) in [6, 6.07) is 2.11. The third-order valence-electron chi connectivity index (χ3n) is 6.00. The Balaban J connectivity index is 1.25. The first kappa shape index (κ1) is 19.6. The molecule has 2 aliphatic heterocycles. The largest absolute Gasteiger partial charge is 0.436 e. The first-order valence-corrected chi connectivity index (χ1v) is 11.0. The lowest BCUT2D eigenvalue weighted by Gasteiger charge is -2.20. The molecular formula is C21H24N6O5. The molecule has 0 radical (unpaired) electrons. The molecule has 6 rings (SSSR count). The van der Waals surface area contributed by atoms with Crippen LogP contribution in [0.5, 0.6) is 0 Å². The second-order valence-electron chi connectivity index (χ2n) is 8.49. The topological polar surface area (TPSA) is 139 Å². The number of hydrogen-bond acceptors (Lipinski definition) is 10. The van der Waals surface area contributed by atoms with Crippen molar-refractivity contribution < 1.29 is 23.5 Å². The monoisotopic (exact) mass is 440 g/mol. The Morgan fingerprint density at radius 2 is 2.16 bits per heavy atom. The van der Waals surface area contributed by atoms with Crippen molar-refractivity contribution in [1.82, 2.24) is 20.3 Å². The van der Waals surface area contributed by atoms with E-state index in [-0.39, 0.29) is 17.7 Å². The number of pyridine rings is 1. The van der Waals surface area contributed by atoms with Crippen LogP contribution in [0.15, 0.2) is 21.2 Å². The van der Waals surface area contributed by atoms with Crippen molar-refractivity contribution in [3.05, 3.63) is 29.6 Å². The molecule has 168 valence electrons. The van der Waals surface area contributed by atoms with Crippen LogP contribution < -0.4 is 15.5 Å². The molecule has 2 unspecified atom stereocenters. The molecule has 1 amide bonds. The number of aliphatic hydroxyl groups excluding tert-OH is 1. The molecule has 3 aliphatic rings. The number of hydrogen-bond donors (Lipinski definition) is 3. The average Bonchev–Trinajstić information content (AvgIpc) is 3.19. The molecule has 1 saturated carbocycles. The van der Waals surface area contributed by atoms with Gasteiger partial charge in [0.1, 0.15) is 12.4 Å². The minimum absolute atomic E-state index is 0.170. The van der Waals surface area contributed by atoms with Gasteiger partial charge in [0.15, 0.2) is 16.9 Å². The molecule has 0 bridgehead atoms. The smallest absolute Gasteiger partial charge is 0.298 e. The van der Waals surface area contributed by atoms with E-state index < -0.39 is 6.10 Å². The zero-order valence-corrected chi connectivity index (χ0v) is 17.4. The van der Waals surface area contributed by atoms with E-state index in [0.717, 1.165) is 25.1 Å². The molecule has 3 aromatic heterocycles. The summed E-state index contributed by atoms with van der Waals surface area (Å²) in [5.41, 5.74) is 2.59. The Morgan fingerprint density at radius 1 is 1.25 bits per heavy atom. The van der Waals surface area contributed by atoms with Crippen molar-refractivity contribution in [2.24, 2.45) is 0 Å². The van der Waals surface area contributed by atoms with Gasteiger partial charge in [0.25, 0.3) is 11.9 Å². The summed E-state index contributed by atoms with van der Waals surface area (Å²) in [6.45, 7) is 3.13. The summed E-state index contributed by atoms with van der Waals surface area (Å²) in [4.78, 5) is 28.2. The van der Waals surface area contributed by atoms with E-state index >= 15 is 0 Å². The Bertz CT molecular complexity index is 1150. The predicted molar refractivity (Wildman–Crippen MR) is 113 cm³/mol. The summed E-state index contributed by atoms with van der Waals surface area (Å²) in [7, 11) is 0. The van der Waals surface area contributed by atoms with Gasteiger partial charge in [-0.15, -0.1) is 0 Å². The highest BCUT2D eigenvalue weighted by atomic mass is 16.5. The number of anilines is 2. The molecule has 2 saturated heterocycles. The number of oxazole rings is 2. The van der Waals surface area contributed by atoms with Gasteiger partial charge in [-0.2, -0.15) is 9.97 Å². The van der Waals surface area contributed by atoms with E-state index in [4.69, 9.17) is 18.6 Å². The Kier molecular flexibility index (Phi) is 4.81. The fourth-order valence-electron chi connectivity index (χ4n) is 4.14. The van der Waals surface area contributed by atoms with E-state index in [0.29, 0.717) is 67.4 Å². The molecule has 32 heavy (non-hydrogen) atoms. The van der Waals surface area contributed by atoms with Crippen LogP contribution in [0.3, 0.4) is 0 Å². The number of aliphatic hydroxyl groups is 1. The van der Waals surface area contributed by atoms with Gasteiger partial charge in [-0.25, -0.2) is 4.98 Å². The van der Waals surface area contributed by atoms with Crippen LogP contribution in [0.2, 0.25) is 0 Å². The SMILES string of the molecule is O=C(Nc1cc2oc(C3CNCCO3)nc2nc1C1CC1)c1coc(N2CCC(O)C2)n1. The van der Waals surface area contributed by atoms with Gasteiger partial charge in [0.2, 0.25) is 5.89 Å². The number of ether oxygens (including phenoxy) is 1. The number of carbonyl (C=O) groups is 1. The summed E-state index contributed by atoms with van der Waals surface area (Å²) >= 11 is 0. The van der Waals surface area contributed by atoms with Crippen molar-refractivity contribution in [2.45, 2.75) is 37.4 Å². The lowest BCUT2D eigenvalue weighted by atomic mass is 10.2. The maximum Gasteiger partial charge on any atom is 0.298 e. The third-order valence-corrected chi connectivity index (χ3v) is 6.00. The van der Waals surface area contributed by atoms with Crippen LogP contribution in [0, 0.1) is 0 Å². The van der Waals surface area contributed by atoms with Crippen molar-refractivity contribution in [3.63, 3.8) is 0 Å². The average molecular weight is 440 g/mol. The molecule has 3 fully saturated rings. The second kappa shape index (κ2) is 7.84. The molecule has 0 spiro atoms. The van der Waals surface area contributed by atoms with Gasteiger partial charge >= 0.3 is 0 Å². The van der Waals surface area contributed by atoms with Crippen molar-refractivity contribution in [3.8, 4) is 0 Å². The number of aromatic nitrogens is 3. The Hall–Kier alpha value is -3.02. The van der Waals surface area contributed by atoms with Crippen LogP contribution in [0.1, 0.15) is 53.4 Å². The summed E-state index contributed by atoms with van der Waals surface area (Å²) in [5.74, 6) is 0.391. The number of carbonyl (C=O) groups excluding carboxylic acids is 1. The van der Waals surface area contributed by atoms with E-state index in [9.17, 15) is 9.90 Å². The number of rotatable bonds is 5. The van der Waals surface area contributed by atoms with E-state index in [2.05, 4.69) is 20.6 Å². The molecule has 11 nitrogen and oxygen atoms in total. The Labute approximate surface area is 183 Å². The molecular weight excluding hydrogens is 416 g/mol. The van der Waals surface area contributed by atoms with E-state index in [1.165, 1.54) is 6.26 Å². The normalized spacial score (nSPS) is 23.7. The number of morpholine rings is 1. The fourth-order valence-corrected chi connectivity index (χ4v) is 4.14. The molecule has 3 aromatic rings. The van der Waals surface area contributed by atoms with Gasteiger partial charge < -0.3 is 34.2 Å². The number of nitrogens with zero attached hydrogens (tertiary/aromatic N) is 4. The zero-order valence-electron chi connectivity index (χ0n) is 17.4. The predicted octanol–water partition coefficient (Wildman–Crippen LogP) is 1.57. The fraction of sp³-hybridized carbons (Fsp3) is 0.524. The molecule has 5 heterocycles. The lowest BCUT2D eigenvalue weighted by Crippen LogP contribution is -2.33. The highest BCUT2D eigenvalue weighted by molar-refractivity contribution is 6.03. The van der Waals surface area contributed by atoms with E-state index in [1.807, 2.05) is 4.90 Å². The highest BCUT2D eigenvalue weighted by Gasteiger charge is 2.31. The van der Waals surface area contributed by atoms with Crippen molar-refractivity contribution in [1.29, 1.82) is 0 Å². The first-order chi connectivity index (χ1) is 15.6. The van der Waals surface area contributed by atoms with Crippen LogP contribution in [0.25, 0.3) is 11.2 Å². The van der Waals surface area contributed by atoms with Gasteiger partial charge in [0, 0.05) is 38.2 Å². The van der Waals surface area contributed by atoms with Gasteiger partial charge in [-0.05, 0) is 19.3 Å². The van der Waals surface area contributed by atoms with Gasteiger partial charge in [-0.1, -0.05) is 0 Å². The maximum atomic E-state index is 12.9. The third kappa shape index (κ3) is 3.72. The lowest BCUT2D eigenvalue weighted by molar-refractivity contribution is 0.0118. The molecule has 1 aliphatic carbocycles. The molecule has 11 heteroatoms. The van der Waals surface area contributed by atoms with Crippen LogP contribution in [-0.2, 0) is 4.74 Å². The number of nitrogens with one attached hydrogen (secondary N) is 2. The second-order valence-corrected chi connectivity index (χ2v) is 8.49. The van der Waals surface area contributed by atoms with Gasteiger partial charge in [0.05, 0.1) is 24.1 Å². The van der Waals surface area contributed by atoms with Crippen LogP contribution in [-0.4, -0.2) is 64.9 Å². The summed E-state index contributed by atoms with van der Waals surface area (Å²) in [6.07, 6.45) is 3.37. The zero-order chi connectivity index (χ0) is 21.7. The number of β-amino-alcohol motifs (C(OH)–C–C–N with tert-alkyl or cyclic N) is 1. The standard InChI is InChI=1S/C21H24N6O5/c28-12-3-5-27(9-12)21-24-14(10-31-21)19(29)23-13-7-15-18(25-17(13)11-1-2-11)26-20(32-15)16-8-22-4-6-30-16/h7,10-12,16,22,28H,1-6,8-9H2,(H,23,29). The first-order valence-electron chi connectivity index (χ1n) is 11.0. The molecule has 2 atom stereocenters. The summed E-state index contributed by atoms with van der Waals surface area (Å²) < 4.78 is 17.1. The molecule has 3 N–H and O–H groups in total. The summed E-state index contributed by atoms with van der Waals surface area (Å²) in [5, 5.41) is 15.9. The van der Waals surface area contributed by atoms with E-state index in [1.54, 1.807) is 6.07 Å². The highest BCUT2D eigenvalue weighted by Crippen LogP contribution is 2.43. The van der Waals surface area contributed by atoms with Crippen molar-refractivity contribution in [2.75, 3.05) is 43.0 Å². The van der Waals surface area contributed by atoms with Crippen LogP contribution in [0.4, 0.5) is 11.7 Å². The van der Waals surface area contributed by atoms with Crippen molar-refractivity contribution >= 4 is 28.8 Å². The minimum Gasteiger partial charge on any atom is -0.436 e. The minimum atomic E-state index is -0.403. The Morgan fingerprint density at radius 3 is 2.91 bits per heavy atom. The molecule has 0 aromatic carbocycles. The maximum absolute atomic E-state index is 12.9. The number of fused-ring (bicyclic) bond motifs is 1.